The fourth-order valence-corrected chi connectivity index (χ4v) is 4.76. The van der Waals surface area contributed by atoms with Gasteiger partial charge in [-0.15, -0.1) is 0 Å². The van der Waals surface area contributed by atoms with Gasteiger partial charge >= 0.3 is 0 Å². The van der Waals surface area contributed by atoms with Crippen molar-refractivity contribution in [1.29, 1.82) is 0 Å². The first-order chi connectivity index (χ1) is 11.8. The lowest BCUT2D eigenvalue weighted by molar-refractivity contribution is -0.122. The number of rotatable bonds is 3. The molecule has 1 saturated carbocycles. The molecular formula is C19H29N3O2S. The smallest absolute Gasteiger partial charge is 0.254 e. The summed E-state index contributed by atoms with van der Waals surface area (Å²) < 4.78 is 1.71. The Labute approximate surface area is 154 Å². The summed E-state index contributed by atoms with van der Waals surface area (Å²) in [5.74, 6) is 0.811. The van der Waals surface area contributed by atoms with Crippen molar-refractivity contribution < 1.29 is 4.79 Å². The van der Waals surface area contributed by atoms with Gasteiger partial charge < -0.3 is 5.32 Å². The Morgan fingerprint density at radius 3 is 2.60 bits per heavy atom. The summed E-state index contributed by atoms with van der Waals surface area (Å²) >= 11 is 1.58. The van der Waals surface area contributed by atoms with E-state index in [-0.39, 0.29) is 22.9 Å². The number of fused-ring (bicyclic) bond motifs is 1. The van der Waals surface area contributed by atoms with E-state index in [1.807, 2.05) is 0 Å². The number of nitrogens with one attached hydrogen (secondary N) is 1. The summed E-state index contributed by atoms with van der Waals surface area (Å²) in [7, 11) is 0. The molecule has 0 bridgehead atoms. The van der Waals surface area contributed by atoms with Crippen molar-refractivity contribution in [2.75, 3.05) is 5.75 Å². The molecule has 3 rings (SSSR count). The number of carbonyl (C=O) groups is 1. The number of thioether (sulfide) groups is 1. The fourth-order valence-electron chi connectivity index (χ4n) is 3.61. The predicted molar refractivity (Wildman–Crippen MR) is 101 cm³/mol. The van der Waals surface area contributed by atoms with Crippen LogP contribution in [-0.2, 0) is 10.2 Å². The van der Waals surface area contributed by atoms with E-state index in [9.17, 15) is 9.59 Å². The van der Waals surface area contributed by atoms with Crippen molar-refractivity contribution in [3.8, 4) is 0 Å². The van der Waals surface area contributed by atoms with Gasteiger partial charge in [-0.25, -0.2) is 4.98 Å². The quantitative estimate of drug-likeness (QED) is 0.660. The van der Waals surface area contributed by atoms with Crippen LogP contribution in [0.2, 0.25) is 0 Å². The third-order valence-corrected chi connectivity index (χ3v) is 6.20. The van der Waals surface area contributed by atoms with Gasteiger partial charge in [-0.2, -0.15) is 0 Å². The molecule has 138 valence electrons. The van der Waals surface area contributed by atoms with Gasteiger partial charge in [-0.3, -0.25) is 14.2 Å². The molecule has 1 unspecified atom stereocenters. The van der Waals surface area contributed by atoms with Crippen LogP contribution in [0.3, 0.4) is 0 Å². The van der Waals surface area contributed by atoms with E-state index in [1.165, 1.54) is 25.7 Å². The Balaban J connectivity index is 1.68. The minimum atomic E-state index is -0.149. The van der Waals surface area contributed by atoms with Gasteiger partial charge in [0.1, 0.15) is 0 Å². The molecule has 5 nitrogen and oxygen atoms in total. The normalized spacial score (nSPS) is 21.6. The highest BCUT2D eigenvalue weighted by Gasteiger charge is 2.30. The first kappa shape index (κ1) is 18.5. The van der Waals surface area contributed by atoms with Crippen LogP contribution < -0.4 is 10.9 Å². The van der Waals surface area contributed by atoms with Crippen LogP contribution in [0.4, 0.5) is 0 Å². The molecule has 1 aliphatic heterocycles. The first-order valence-corrected chi connectivity index (χ1v) is 10.4. The fraction of sp³-hybridized carbons (Fsp3) is 0.737. The Morgan fingerprint density at radius 2 is 1.96 bits per heavy atom. The van der Waals surface area contributed by atoms with Crippen molar-refractivity contribution >= 4 is 17.7 Å². The summed E-state index contributed by atoms with van der Waals surface area (Å²) in [6, 6.07) is 1.85. The summed E-state index contributed by atoms with van der Waals surface area (Å²) in [6.07, 6.45) is 7.48. The maximum Gasteiger partial charge on any atom is 0.254 e. The van der Waals surface area contributed by atoms with E-state index >= 15 is 0 Å². The van der Waals surface area contributed by atoms with Crippen molar-refractivity contribution in [1.82, 2.24) is 14.9 Å². The molecule has 1 atom stereocenters. The minimum absolute atomic E-state index is 0.0350. The van der Waals surface area contributed by atoms with E-state index in [0.717, 1.165) is 29.4 Å². The summed E-state index contributed by atoms with van der Waals surface area (Å²) in [4.78, 5) is 29.7. The molecule has 0 radical (unpaired) electrons. The number of amides is 1. The van der Waals surface area contributed by atoms with Crippen LogP contribution in [0.1, 0.15) is 77.5 Å². The molecule has 0 spiro atoms. The molecule has 1 aliphatic carbocycles. The number of hydrogen-bond acceptors (Lipinski definition) is 4. The lowest BCUT2D eigenvalue weighted by Crippen LogP contribution is -2.37. The topological polar surface area (TPSA) is 64.0 Å². The number of carbonyl (C=O) groups excluding carboxylic acids is 1. The lowest BCUT2D eigenvalue weighted by atomic mass is 9.92. The van der Waals surface area contributed by atoms with Gasteiger partial charge in [0.2, 0.25) is 5.91 Å². The molecule has 2 heterocycles. The second kappa shape index (κ2) is 7.52. The minimum Gasteiger partial charge on any atom is -0.353 e. The molecule has 0 aromatic carbocycles. The standard InChI is InChI=1S/C19H29N3O2S/c1-19(2,3)15-11-17(24)22-14(12-25-18(22)21-15)10-16(23)20-13-8-6-4-5-7-9-13/h11,13-14H,4-10,12H2,1-3H3,(H,20,23). The van der Waals surface area contributed by atoms with E-state index < -0.39 is 0 Å². The van der Waals surface area contributed by atoms with Crippen LogP contribution in [0.5, 0.6) is 0 Å². The highest BCUT2D eigenvalue weighted by molar-refractivity contribution is 7.99. The number of nitrogens with zero attached hydrogens (tertiary/aromatic N) is 2. The van der Waals surface area contributed by atoms with Gasteiger partial charge in [-0.1, -0.05) is 58.2 Å². The second-order valence-electron chi connectivity index (χ2n) is 8.31. The Kier molecular flexibility index (Phi) is 5.56. The number of hydrogen-bond donors (Lipinski definition) is 1. The zero-order valence-corrected chi connectivity index (χ0v) is 16.3. The maximum atomic E-state index is 12.6. The Morgan fingerprint density at radius 1 is 1.28 bits per heavy atom. The molecule has 2 aliphatic rings. The van der Waals surface area contributed by atoms with E-state index in [4.69, 9.17) is 0 Å². The lowest BCUT2D eigenvalue weighted by Gasteiger charge is -2.20. The van der Waals surface area contributed by atoms with Gasteiger partial charge in [-0.05, 0) is 12.8 Å². The zero-order valence-electron chi connectivity index (χ0n) is 15.5. The average molecular weight is 364 g/mol. The van der Waals surface area contributed by atoms with E-state index in [2.05, 4.69) is 31.1 Å². The van der Waals surface area contributed by atoms with Crippen molar-refractivity contribution in [3.05, 3.63) is 22.1 Å². The maximum absolute atomic E-state index is 12.6. The monoisotopic (exact) mass is 363 g/mol. The zero-order chi connectivity index (χ0) is 18.0. The van der Waals surface area contributed by atoms with Gasteiger partial charge in [0, 0.05) is 29.7 Å². The van der Waals surface area contributed by atoms with E-state index in [0.29, 0.717) is 12.5 Å². The molecule has 0 saturated heterocycles. The van der Waals surface area contributed by atoms with Crippen LogP contribution in [0.15, 0.2) is 16.0 Å². The molecule has 25 heavy (non-hydrogen) atoms. The molecular weight excluding hydrogens is 334 g/mol. The largest absolute Gasteiger partial charge is 0.353 e. The van der Waals surface area contributed by atoms with Crippen molar-refractivity contribution in [3.63, 3.8) is 0 Å². The SMILES string of the molecule is CC(C)(C)c1cc(=O)n2c(n1)SCC2CC(=O)NC1CCCCCC1. The van der Waals surface area contributed by atoms with Crippen molar-refractivity contribution in [2.24, 2.45) is 0 Å². The third kappa shape index (κ3) is 4.46. The third-order valence-electron chi connectivity index (χ3n) is 5.10. The molecule has 1 N–H and O–H groups in total. The van der Waals surface area contributed by atoms with Gasteiger partial charge in [0.25, 0.3) is 5.56 Å². The number of aromatic nitrogens is 2. The summed E-state index contributed by atoms with van der Waals surface area (Å²) in [5, 5.41) is 3.94. The highest BCUT2D eigenvalue weighted by atomic mass is 32.2. The van der Waals surface area contributed by atoms with E-state index in [1.54, 1.807) is 22.4 Å². The Hall–Kier alpha value is -1.30. The molecule has 1 aromatic heterocycles. The van der Waals surface area contributed by atoms with Crippen LogP contribution in [-0.4, -0.2) is 27.3 Å². The molecule has 1 fully saturated rings. The first-order valence-electron chi connectivity index (χ1n) is 9.41. The van der Waals surface area contributed by atoms with Crippen LogP contribution >= 0.6 is 11.8 Å². The molecule has 1 aromatic rings. The summed E-state index contributed by atoms with van der Waals surface area (Å²) in [5.41, 5.74) is 0.636. The second-order valence-corrected chi connectivity index (χ2v) is 9.29. The molecule has 1 amide bonds. The Bertz CT molecular complexity index is 685. The highest BCUT2D eigenvalue weighted by Crippen LogP contribution is 2.33. The predicted octanol–water partition coefficient (Wildman–Crippen LogP) is 3.42. The van der Waals surface area contributed by atoms with Crippen molar-refractivity contribution in [2.45, 2.75) is 88.4 Å². The summed E-state index contributed by atoms with van der Waals surface area (Å²) in [6.45, 7) is 6.18. The van der Waals surface area contributed by atoms with Crippen LogP contribution in [0, 0.1) is 0 Å². The average Bonchev–Trinajstić information content (AvgIpc) is 2.75. The van der Waals surface area contributed by atoms with Gasteiger partial charge in [0.05, 0.1) is 11.7 Å². The van der Waals surface area contributed by atoms with Gasteiger partial charge in [0.15, 0.2) is 5.16 Å². The van der Waals surface area contributed by atoms with Crippen LogP contribution in [0.25, 0.3) is 0 Å². The molecule has 6 heteroatoms.